The third-order valence-electron chi connectivity index (χ3n) is 3.05. The molecular weight excluding hydrogens is 330 g/mol. The maximum atomic E-state index is 12.4. The lowest BCUT2D eigenvalue weighted by molar-refractivity contribution is 0.102. The molecule has 0 radical (unpaired) electrons. The van der Waals surface area contributed by atoms with Gasteiger partial charge in [0.15, 0.2) is 0 Å². The number of hydrogen-bond donors (Lipinski definition) is 1. The van der Waals surface area contributed by atoms with Crippen LogP contribution in [0.2, 0.25) is 0 Å². The predicted molar refractivity (Wildman–Crippen MR) is 89.2 cm³/mol. The van der Waals surface area contributed by atoms with Crippen molar-refractivity contribution in [3.8, 4) is 5.75 Å². The minimum absolute atomic E-state index is 0.157. The van der Waals surface area contributed by atoms with Gasteiger partial charge in [-0.2, -0.15) is 0 Å². The Morgan fingerprint density at radius 2 is 1.81 bits per heavy atom. The van der Waals surface area contributed by atoms with Crippen molar-refractivity contribution < 1.29 is 9.53 Å². The Hall–Kier alpha value is -1.81. The number of aryl methyl sites for hydroxylation is 2. The van der Waals surface area contributed by atoms with Crippen molar-refractivity contribution in [2.45, 2.75) is 20.8 Å². The van der Waals surface area contributed by atoms with Crippen LogP contribution in [0.5, 0.6) is 5.75 Å². The van der Waals surface area contributed by atoms with E-state index in [0.717, 1.165) is 15.6 Å². The topological polar surface area (TPSA) is 38.3 Å². The van der Waals surface area contributed by atoms with Crippen LogP contribution in [0.4, 0.5) is 5.69 Å². The summed E-state index contributed by atoms with van der Waals surface area (Å²) in [6, 6.07) is 11.4. The van der Waals surface area contributed by atoms with Gasteiger partial charge in [-0.25, -0.2) is 0 Å². The minimum atomic E-state index is -0.157. The van der Waals surface area contributed by atoms with E-state index in [4.69, 9.17) is 4.74 Å². The van der Waals surface area contributed by atoms with E-state index in [0.29, 0.717) is 23.6 Å². The normalized spacial score (nSPS) is 10.3. The molecule has 3 nitrogen and oxygen atoms in total. The summed E-state index contributed by atoms with van der Waals surface area (Å²) in [5, 5.41) is 2.91. The molecule has 0 aromatic heterocycles. The van der Waals surface area contributed by atoms with Crippen molar-refractivity contribution in [2.24, 2.45) is 0 Å². The fourth-order valence-electron chi connectivity index (χ4n) is 2.01. The maximum absolute atomic E-state index is 12.4. The van der Waals surface area contributed by atoms with Gasteiger partial charge in [0.25, 0.3) is 5.91 Å². The van der Waals surface area contributed by atoms with Crippen LogP contribution in [0.25, 0.3) is 0 Å². The third-order valence-corrected chi connectivity index (χ3v) is 3.74. The summed E-state index contributed by atoms with van der Waals surface area (Å²) in [5.74, 6) is 0.532. The molecule has 4 heteroatoms. The molecule has 2 aromatic carbocycles. The molecule has 0 aliphatic rings. The van der Waals surface area contributed by atoms with Crippen LogP contribution < -0.4 is 10.1 Å². The first kappa shape index (κ1) is 15.6. The van der Waals surface area contributed by atoms with Gasteiger partial charge in [-0.15, -0.1) is 0 Å². The van der Waals surface area contributed by atoms with Gasteiger partial charge in [0.05, 0.1) is 17.9 Å². The highest BCUT2D eigenvalue weighted by molar-refractivity contribution is 9.10. The van der Waals surface area contributed by atoms with Crippen molar-refractivity contribution in [1.29, 1.82) is 0 Å². The molecule has 0 saturated heterocycles. The molecule has 2 rings (SSSR count). The lowest BCUT2D eigenvalue weighted by Crippen LogP contribution is -2.14. The van der Waals surface area contributed by atoms with Crippen LogP contribution in [0.15, 0.2) is 40.9 Å². The van der Waals surface area contributed by atoms with Crippen LogP contribution in [0.1, 0.15) is 28.4 Å². The highest BCUT2D eigenvalue weighted by Gasteiger charge is 2.13. The van der Waals surface area contributed by atoms with Crippen LogP contribution in [0.3, 0.4) is 0 Å². The number of hydrogen-bond acceptors (Lipinski definition) is 2. The van der Waals surface area contributed by atoms with E-state index in [1.807, 2.05) is 57.2 Å². The van der Waals surface area contributed by atoms with Crippen LogP contribution in [0, 0.1) is 13.8 Å². The van der Waals surface area contributed by atoms with Crippen LogP contribution in [-0.2, 0) is 0 Å². The summed E-state index contributed by atoms with van der Waals surface area (Å²) in [6.45, 7) is 6.43. The second kappa shape index (κ2) is 6.76. The SMILES string of the molecule is CCOc1cc(C)ccc1NC(=O)c1cc(C)ccc1Br. The van der Waals surface area contributed by atoms with Crippen molar-refractivity contribution in [3.05, 3.63) is 57.6 Å². The number of halogens is 1. The number of benzene rings is 2. The second-order valence-electron chi connectivity index (χ2n) is 4.87. The molecular formula is C17H18BrNO2. The minimum Gasteiger partial charge on any atom is -0.492 e. The molecule has 2 aromatic rings. The van der Waals surface area contributed by atoms with E-state index < -0.39 is 0 Å². The standard InChI is InChI=1S/C17H18BrNO2/c1-4-21-16-10-12(3)6-8-15(16)19-17(20)13-9-11(2)5-7-14(13)18/h5-10H,4H2,1-3H3,(H,19,20). The Bertz CT molecular complexity index is 668. The van der Waals surface area contributed by atoms with Crippen LogP contribution >= 0.6 is 15.9 Å². The van der Waals surface area contributed by atoms with Crippen molar-refractivity contribution in [2.75, 3.05) is 11.9 Å². The largest absolute Gasteiger partial charge is 0.492 e. The van der Waals surface area contributed by atoms with Gasteiger partial charge in [0.1, 0.15) is 5.75 Å². The number of rotatable bonds is 4. The molecule has 0 fully saturated rings. The summed E-state index contributed by atoms with van der Waals surface area (Å²) in [5.41, 5.74) is 3.42. The van der Waals surface area contributed by atoms with E-state index >= 15 is 0 Å². The molecule has 0 aliphatic carbocycles. The number of amides is 1. The zero-order valence-electron chi connectivity index (χ0n) is 12.4. The second-order valence-corrected chi connectivity index (χ2v) is 5.72. The monoisotopic (exact) mass is 347 g/mol. The van der Waals surface area contributed by atoms with Gasteiger partial charge < -0.3 is 10.1 Å². The Kier molecular flexibility index (Phi) is 5.02. The lowest BCUT2D eigenvalue weighted by atomic mass is 10.1. The van der Waals surface area contributed by atoms with Gasteiger partial charge in [-0.3, -0.25) is 4.79 Å². The molecule has 0 heterocycles. The molecule has 0 saturated carbocycles. The van der Waals surface area contributed by atoms with Crippen molar-refractivity contribution in [1.82, 2.24) is 0 Å². The first-order chi connectivity index (χ1) is 10.0. The van der Waals surface area contributed by atoms with Crippen LogP contribution in [-0.4, -0.2) is 12.5 Å². The highest BCUT2D eigenvalue weighted by atomic mass is 79.9. The number of nitrogens with one attached hydrogen (secondary N) is 1. The number of carbonyl (C=O) groups excluding carboxylic acids is 1. The molecule has 0 bridgehead atoms. The van der Waals surface area contributed by atoms with E-state index in [1.54, 1.807) is 0 Å². The summed E-state index contributed by atoms with van der Waals surface area (Å²) in [7, 11) is 0. The quantitative estimate of drug-likeness (QED) is 0.868. The molecule has 0 aliphatic heterocycles. The first-order valence-corrected chi connectivity index (χ1v) is 7.61. The fraction of sp³-hybridized carbons (Fsp3) is 0.235. The molecule has 0 atom stereocenters. The molecule has 1 N–H and O–H groups in total. The van der Waals surface area contributed by atoms with E-state index in [2.05, 4.69) is 21.2 Å². The van der Waals surface area contributed by atoms with Gasteiger partial charge in [0.2, 0.25) is 0 Å². The Labute approximate surface area is 133 Å². The average molecular weight is 348 g/mol. The highest BCUT2D eigenvalue weighted by Crippen LogP contribution is 2.27. The number of carbonyl (C=O) groups is 1. The van der Waals surface area contributed by atoms with Crippen molar-refractivity contribution >= 4 is 27.5 Å². The number of ether oxygens (including phenoxy) is 1. The smallest absolute Gasteiger partial charge is 0.256 e. The van der Waals surface area contributed by atoms with E-state index in [1.165, 1.54) is 0 Å². The summed E-state index contributed by atoms with van der Waals surface area (Å²) >= 11 is 3.41. The summed E-state index contributed by atoms with van der Waals surface area (Å²) < 4.78 is 6.36. The Morgan fingerprint density at radius 3 is 2.52 bits per heavy atom. The van der Waals surface area contributed by atoms with E-state index in [-0.39, 0.29) is 5.91 Å². The van der Waals surface area contributed by atoms with Crippen molar-refractivity contribution in [3.63, 3.8) is 0 Å². The number of anilines is 1. The zero-order chi connectivity index (χ0) is 15.4. The lowest BCUT2D eigenvalue weighted by Gasteiger charge is -2.13. The Balaban J connectivity index is 2.29. The molecule has 21 heavy (non-hydrogen) atoms. The van der Waals surface area contributed by atoms with Gasteiger partial charge in [-0.05, 0) is 66.5 Å². The third kappa shape index (κ3) is 3.85. The average Bonchev–Trinajstić information content (AvgIpc) is 2.44. The first-order valence-electron chi connectivity index (χ1n) is 6.82. The fourth-order valence-corrected chi connectivity index (χ4v) is 2.44. The van der Waals surface area contributed by atoms with Gasteiger partial charge in [-0.1, -0.05) is 17.7 Å². The Morgan fingerprint density at radius 1 is 1.14 bits per heavy atom. The van der Waals surface area contributed by atoms with Gasteiger partial charge in [0, 0.05) is 4.47 Å². The zero-order valence-corrected chi connectivity index (χ0v) is 14.0. The summed E-state index contributed by atoms with van der Waals surface area (Å²) in [4.78, 5) is 12.4. The predicted octanol–water partition coefficient (Wildman–Crippen LogP) is 4.72. The molecule has 110 valence electrons. The van der Waals surface area contributed by atoms with Gasteiger partial charge >= 0.3 is 0 Å². The molecule has 0 unspecified atom stereocenters. The summed E-state index contributed by atoms with van der Waals surface area (Å²) in [6.07, 6.45) is 0. The molecule has 0 spiro atoms. The maximum Gasteiger partial charge on any atom is 0.256 e. The molecule has 1 amide bonds. The van der Waals surface area contributed by atoms with E-state index in [9.17, 15) is 4.79 Å².